The Bertz CT molecular complexity index is 1100. The highest BCUT2D eigenvalue weighted by Crippen LogP contribution is 2.14. The molecule has 7 heteroatoms. The van der Waals surface area contributed by atoms with Crippen molar-refractivity contribution >= 4 is 23.4 Å². The summed E-state index contributed by atoms with van der Waals surface area (Å²) in [6, 6.07) is 15.7. The summed E-state index contributed by atoms with van der Waals surface area (Å²) in [7, 11) is 0. The number of rotatable bonds is 3. The van der Waals surface area contributed by atoms with Crippen LogP contribution in [0.5, 0.6) is 0 Å². The fraction of sp³-hybridized carbons (Fsp3) is 0.208. The highest BCUT2D eigenvalue weighted by atomic mass is 35.5. The van der Waals surface area contributed by atoms with Crippen molar-refractivity contribution in [1.29, 1.82) is 0 Å². The Morgan fingerprint density at radius 2 is 1.87 bits per heavy atom. The van der Waals surface area contributed by atoms with Crippen LogP contribution in [0.15, 0.2) is 67.1 Å². The number of aromatic nitrogens is 2. The summed E-state index contributed by atoms with van der Waals surface area (Å²) in [5.41, 5.74) is 2.98. The number of halogens is 1. The molecule has 6 nitrogen and oxygen atoms in total. The zero-order chi connectivity index (χ0) is 21.5. The average Bonchev–Trinajstić information content (AvgIpc) is 2.80. The van der Waals surface area contributed by atoms with Gasteiger partial charge in [-0.1, -0.05) is 47.7 Å². The van der Waals surface area contributed by atoms with Gasteiger partial charge in [0.05, 0.1) is 11.2 Å². The maximum atomic E-state index is 12.4. The number of urea groups is 1. The van der Waals surface area contributed by atoms with E-state index in [2.05, 4.69) is 44.2 Å². The molecular weight excluding hydrogens is 410 g/mol. The second-order valence-corrected chi connectivity index (χ2v) is 7.62. The van der Waals surface area contributed by atoms with Gasteiger partial charge in [0.2, 0.25) is 0 Å². The molecule has 3 aromatic rings. The van der Waals surface area contributed by atoms with Crippen LogP contribution in [-0.4, -0.2) is 52.0 Å². The zero-order valence-electron chi connectivity index (χ0n) is 17.0. The summed E-state index contributed by atoms with van der Waals surface area (Å²) >= 11 is 6.18. The van der Waals surface area contributed by atoms with Crippen LogP contribution in [0.25, 0.3) is 0 Å². The van der Waals surface area contributed by atoms with Crippen LogP contribution in [-0.2, 0) is 6.54 Å². The van der Waals surface area contributed by atoms with Gasteiger partial charge in [-0.15, -0.1) is 0 Å². The van der Waals surface area contributed by atoms with Crippen LogP contribution < -0.4 is 5.32 Å². The zero-order valence-corrected chi connectivity index (χ0v) is 17.7. The van der Waals surface area contributed by atoms with Crippen LogP contribution >= 0.6 is 11.6 Å². The largest absolute Gasteiger partial charge is 0.323 e. The smallest absolute Gasteiger partial charge is 0.322 e. The molecule has 0 radical (unpaired) electrons. The van der Waals surface area contributed by atoms with Crippen molar-refractivity contribution in [1.82, 2.24) is 19.8 Å². The molecule has 1 fully saturated rings. The molecule has 0 atom stereocenters. The van der Waals surface area contributed by atoms with Gasteiger partial charge in [-0.2, -0.15) is 0 Å². The number of carbonyl (C=O) groups excluding carboxylic acids is 1. The van der Waals surface area contributed by atoms with Crippen LogP contribution in [0.3, 0.4) is 0 Å². The SMILES string of the molecule is O=C(Nc1cnccn1)N1CCN(Cc2cccc(C#Cc3ccccc3Cl)c2)CC1. The first-order valence-electron chi connectivity index (χ1n) is 10.1. The molecule has 31 heavy (non-hydrogen) atoms. The van der Waals surface area contributed by atoms with E-state index in [1.54, 1.807) is 17.3 Å². The van der Waals surface area contributed by atoms with Gasteiger partial charge in [0.1, 0.15) is 0 Å². The molecule has 4 rings (SSSR count). The van der Waals surface area contributed by atoms with E-state index in [1.165, 1.54) is 11.8 Å². The molecule has 0 spiro atoms. The first-order valence-corrected chi connectivity index (χ1v) is 10.4. The fourth-order valence-corrected chi connectivity index (χ4v) is 3.55. The molecule has 0 bridgehead atoms. The summed E-state index contributed by atoms with van der Waals surface area (Å²) in [6.07, 6.45) is 4.67. The van der Waals surface area contributed by atoms with Crippen molar-refractivity contribution in [2.24, 2.45) is 0 Å². The van der Waals surface area contributed by atoms with Gasteiger partial charge in [0, 0.05) is 56.2 Å². The monoisotopic (exact) mass is 431 g/mol. The van der Waals surface area contributed by atoms with Gasteiger partial charge in [0.15, 0.2) is 5.82 Å². The second kappa shape index (κ2) is 10.1. The highest BCUT2D eigenvalue weighted by molar-refractivity contribution is 6.31. The van der Waals surface area contributed by atoms with Crippen molar-refractivity contribution in [2.75, 3.05) is 31.5 Å². The van der Waals surface area contributed by atoms with E-state index in [1.807, 2.05) is 36.4 Å². The van der Waals surface area contributed by atoms with Crippen LogP contribution in [0.4, 0.5) is 10.6 Å². The summed E-state index contributed by atoms with van der Waals surface area (Å²) in [4.78, 5) is 24.6. The van der Waals surface area contributed by atoms with Crippen LogP contribution in [0, 0.1) is 11.8 Å². The molecule has 0 aliphatic carbocycles. The Balaban J connectivity index is 1.31. The van der Waals surface area contributed by atoms with E-state index in [4.69, 9.17) is 11.6 Å². The molecule has 2 heterocycles. The molecule has 0 saturated carbocycles. The number of nitrogens with zero attached hydrogens (tertiary/aromatic N) is 4. The number of hydrogen-bond donors (Lipinski definition) is 1. The predicted octanol–water partition coefficient (Wildman–Crippen LogP) is 3.88. The number of nitrogens with one attached hydrogen (secondary N) is 1. The third-order valence-corrected chi connectivity index (χ3v) is 5.34. The third-order valence-electron chi connectivity index (χ3n) is 5.01. The van der Waals surface area contributed by atoms with Crippen LogP contribution in [0.2, 0.25) is 5.02 Å². The molecule has 2 aromatic carbocycles. The number of hydrogen-bond acceptors (Lipinski definition) is 4. The second-order valence-electron chi connectivity index (χ2n) is 7.21. The quantitative estimate of drug-likeness (QED) is 0.639. The van der Waals surface area contributed by atoms with E-state index in [0.717, 1.165) is 30.8 Å². The maximum Gasteiger partial charge on any atom is 0.323 e. The molecule has 2 amide bonds. The van der Waals surface area contributed by atoms with Crippen molar-refractivity contribution in [3.05, 3.63) is 88.8 Å². The summed E-state index contributed by atoms with van der Waals surface area (Å²) in [5.74, 6) is 6.80. The Morgan fingerprint density at radius 1 is 1.03 bits per heavy atom. The average molecular weight is 432 g/mol. The van der Waals surface area contributed by atoms with Crippen molar-refractivity contribution in [2.45, 2.75) is 6.54 Å². The van der Waals surface area contributed by atoms with Gasteiger partial charge < -0.3 is 4.90 Å². The molecule has 1 N–H and O–H groups in total. The normalized spacial score (nSPS) is 13.9. The molecule has 1 aromatic heterocycles. The van der Waals surface area contributed by atoms with Gasteiger partial charge in [-0.3, -0.25) is 15.2 Å². The summed E-state index contributed by atoms with van der Waals surface area (Å²) < 4.78 is 0. The summed E-state index contributed by atoms with van der Waals surface area (Å²) in [6.45, 7) is 3.77. The van der Waals surface area contributed by atoms with E-state index < -0.39 is 0 Å². The Morgan fingerprint density at radius 3 is 2.65 bits per heavy atom. The number of benzene rings is 2. The van der Waals surface area contributed by atoms with Crippen molar-refractivity contribution < 1.29 is 4.79 Å². The Hall–Kier alpha value is -3.40. The lowest BCUT2D eigenvalue weighted by atomic mass is 10.1. The van der Waals surface area contributed by atoms with E-state index in [0.29, 0.717) is 23.9 Å². The summed E-state index contributed by atoms with van der Waals surface area (Å²) in [5, 5.41) is 3.44. The first kappa shape index (κ1) is 20.9. The lowest BCUT2D eigenvalue weighted by Crippen LogP contribution is -2.49. The number of amides is 2. The van der Waals surface area contributed by atoms with Crippen molar-refractivity contribution in [3.8, 4) is 11.8 Å². The van der Waals surface area contributed by atoms with E-state index >= 15 is 0 Å². The number of carbonyl (C=O) groups is 1. The molecular formula is C24H22ClN5O. The van der Waals surface area contributed by atoms with Gasteiger partial charge in [-0.05, 0) is 29.8 Å². The van der Waals surface area contributed by atoms with Gasteiger partial charge >= 0.3 is 6.03 Å². The third kappa shape index (κ3) is 5.82. The maximum absolute atomic E-state index is 12.4. The lowest BCUT2D eigenvalue weighted by molar-refractivity contribution is 0.143. The van der Waals surface area contributed by atoms with Gasteiger partial charge in [-0.25, -0.2) is 9.78 Å². The first-order chi connectivity index (χ1) is 15.2. The Labute approximate surface area is 186 Å². The van der Waals surface area contributed by atoms with Crippen molar-refractivity contribution in [3.63, 3.8) is 0 Å². The van der Waals surface area contributed by atoms with E-state index in [9.17, 15) is 4.79 Å². The fourth-order valence-electron chi connectivity index (χ4n) is 3.37. The lowest BCUT2D eigenvalue weighted by Gasteiger charge is -2.34. The van der Waals surface area contributed by atoms with Gasteiger partial charge in [0.25, 0.3) is 0 Å². The predicted molar refractivity (Wildman–Crippen MR) is 122 cm³/mol. The Kier molecular flexibility index (Phi) is 6.78. The standard InChI is InChI=1S/C24H22ClN5O/c25-22-7-2-1-6-21(22)9-8-19-4-3-5-20(16-19)18-29-12-14-30(15-13-29)24(31)28-23-17-26-10-11-27-23/h1-7,10-11,16-17H,12-15,18H2,(H,27,28,31). The van der Waals surface area contributed by atoms with E-state index in [-0.39, 0.29) is 6.03 Å². The minimum absolute atomic E-state index is 0.142. The molecule has 1 aliphatic rings. The molecule has 1 aliphatic heterocycles. The topological polar surface area (TPSA) is 61.4 Å². The molecule has 1 saturated heterocycles. The molecule has 156 valence electrons. The number of anilines is 1. The number of piperazine rings is 1. The minimum Gasteiger partial charge on any atom is -0.322 e. The minimum atomic E-state index is -0.142. The van der Waals surface area contributed by atoms with Crippen LogP contribution in [0.1, 0.15) is 16.7 Å². The molecule has 0 unspecified atom stereocenters. The highest BCUT2D eigenvalue weighted by Gasteiger charge is 2.21.